The van der Waals surface area contributed by atoms with E-state index < -0.39 is 6.09 Å². The number of nitrogens with one attached hydrogen (secondary N) is 1. The molecule has 1 N–H and O–H groups in total. The summed E-state index contributed by atoms with van der Waals surface area (Å²) in [6.45, 7) is 6.80. The van der Waals surface area contributed by atoms with Gasteiger partial charge < -0.3 is 4.74 Å². The van der Waals surface area contributed by atoms with E-state index in [1.165, 1.54) is 30.7 Å². The molecule has 0 saturated heterocycles. The average Bonchev–Trinajstić information content (AvgIpc) is 2.74. The number of hydrogen-bond acceptors (Lipinski definition) is 2. The molecule has 0 spiro atoms. The average molecular weight is 291 g/mol. The normalized spacial score (nSPS) is 33.0. The van der Waals surface area contributed by atoms with Crippen LogP contribution in [0.3, 0.4) is 0 Å². The molecule has 1 amide bonds. The lowest BCUT2D eigenvalue weighted by Gasteiger charge is -2.38. The number of carbonyl (C=O) groups excluding carboxylic acids is 1. The van der Waals surface area contributed by atoms with Gasteiger partial charge in [-0.25, -0.2) is 9.18 Å². The van der Waals surface area contributed by atoms with E-state index in [-0.39, 0.29) is 22.8 Å². The van der Waals surface area contributed by atoms with E-state index in [0.29, 0.717) is 11.6 Å². The lowest BCUT2D eigenvalue weighted by molar-refractivity contribution is 0.00148. The van der Waals surface area contributed by atoms with Crippen LogP contribution in [0, 0.1) is 22.6 Å². The quantitative estimate of drug-likeness (QED) is 0.865. The predicted octanol–water partition coefficient (Wildman–Crippen LogP) is 4.59. The van der Waals surface area contributed by atoms with Crippen LogP contribution in [0.5, 0.6) is 0 Å². The second-order valence-corrected chi connectivity index (χ2v) is 7.14. The van der Waals surface area contributed by atoms with E-state index >= 15 is 0 Å². The van der Waals surface area contributed by atoms with Crippen LogP contribution >= 0.6 is 0 Å². The van der Waals surface area contributed by atoms with E-state index in [9.17, 15) is 9.18 Å². The molecule has 1 aromatic rings. The molecule has 2 bridgehead atoms. The molecule has 0 aliphatic heterocycles. The fraction of sp³-hybridized carbons (Fsp3) is 0.588. The standard InChI is InChI=1S/C17H22FNO2/c1-16(2)11-8-9-17(16,3)14(10-11)21-15(20)19-13-6-4-12(18)5-7-13/h4-7,11,14H,8-10H2,1-3H3,(H,19,20)/t11-,14+,17+/m0/s1. The summed E-state index contributed by atoms with van der Waals surface area (Å²) in [5, 5.41) is 2.67. The van der Waals surface area contributed by atoms with Crippen molar-refractivity contribution < 1.29 is 13.9 Å². The second-order valence-electron chi connectivity index (χ2n) is 7.14. The van der Waals surface area contributed by atoms with E-state index in [1.807, 2.05) is 0 Å². The van der Waals surface area contributed by atoms with Crippen molar-refractivity contribution in [3.63, 3.8) is 0 Å². The van der Waals surface area contributed by atoms with Crippen LogP contribution in [-0.4, -0.2) is 12.2 Å². The van der Waals surface area contributed by atoms with Crippen molar-refractivity contribution in [3.05, 3.63) is 30.1 Å². The van der Waals surface area contributed by atoms with Crippen molar-refractivity contribution >= 4 is 11.8 Å². The van der Waals surface area contributed by atoms with Gasteiger partial charge in [0.2, 0.25) is 0 Å². The number of halogens is 1. The molecule has 2 fully saturated rings. The highest BCUT2D eigenvalue weighted by Crippen LogP contribution is 2.66. The van der Waals surface area contributed by atoms with Gasteiger partial charge in [-0.05, 0) is 54.9 Å². The SMILES string of the molecule is CC1(C)[C@H]2CC[C@]1(C)[C@H](OC(=O)Nc1ccc(F)cc1)C2. The third-order valence-corrected chi connectivity index (χ3v) is 6.05. The maximum absolute atomic E-state index is 12.8. The third kappa shape index (κ3) is 2.21. The number of amides is 1. The largest absolute Gasteiger partial charge is 0.445 e. The molecule has 0 unspecified atom stereocenters. The summed E-state index contributed by atoms with van der Waals surface area (Å²) in [5.41, 5.74) is 0.819. The maximum Gasteiger partial charge on any atom is 0.411 e. The molecule has 3 atom stereocenters. The zero-order valence-electron chi connectivity index (χ0n) is 12.8. The van der Waals surface area contributed by atoms with Crippen molar-refractivity contribution in [2.75, 3.05) is 5.32 Å². The first-order valence-electron chi connectivity index (χ1n) is 7.56. The Labute approximate surface area is 124 Å². The lowest BCUT2D eigenvalue weighted by atomic mass is 9.70. The molecule has 0 aromatic heterocycles. The van der Waals surface area contributed by atoms with Gasteiger partial charge in [0.25, 0.3) is 0 Å². The molecule has 2 saturated carbocycles. The van der Waals surface area contributed by atoms with Crippen LogP contribution in [0.2, 0.25) is 0 Å². The van der Waals surface area contributed by atoms with Crippen LogP contribution in [-0.2, 0) is 4.74 Å². The minimum absolute atomic E-state index is 0.0355. The number of ether oxygens (including phenoxy) is 1. The maximum atomic E-state index is 12.8. The zero-order valence-corrected chi connectivity index (χ0v) is 12.8. The van der Waals surface area contributed by atoms with Crippen LogP contribution < -0.4 is 5.32 Å². The van der Waals surface area contributed by atoms with Crippen molar-refractivity contribution in [3.8, 4) is 0 Å². The van der Waals surface area contributed by atoms with E-state index in [0.717, 1.165) is 12.8 Å². The highest BCUT2D eigenvalue weighted by Gasteiger charge is 2.62. The smallest absolute Gasteiger partial charge is 0.411 e. The summed E-state index contributed by atoms with van der Waals surface area (Å²) < 4.78 is 18.5. The second kappa shape index (κ2) is 4.72. The molecule has 3 nitrogen and oxygen atoms in total. The monoisotopic (exact) mass is 291 g/mol. The number of anilines is 1. The highest BCUT2D eigenvalue weighted by molar-refractivity contribution is 5.84. The Morgan fingerprint density at radius 2 is 1.95 bits per heavy atom. The van der Waals surface area contributed by atoms with Gasteiger partial charge in [0.15, 0.2) is 0 Å². The van der Waals surface area contributed by atoms with Gasteiger partial charge in [0.05, 0.1) is 0 Å². The summed E-state index contributed by atoms with van der Waals surface area (Å²) in [6, 6.07) is 5.70. The Kier molecular flexibility index (Phi) is 3.23. The van der Waals surface area contributed by atoms with Gasteiger partial charge in [-0.15, -0.1) is 0 Å². The number of rotatable bonds is 2. The minimum atomic E-state index is -0.448. The number of carbonyl (C=O) groups is 1. The van der Waals surface area contributed by atoms with Crippen molar-refractivity contribution in [1.82, 2.24) is 0 Å². The molecule has 0 heterocycles. The van der Waals surface area contributed by atoms with Crippen molar-refractivity contribution in [2.45, 2.75) is 46.1 Å². The Morgan fingerprint density at radius 1 is 1.29 bits per heavy atom. The summed E-state index contributed by atoms with van der Waals surface area (Å²) >= 11 is 0. The zero-order chi connectivity index (χ0) is 15.3. The fourth-order valence-electron chi connectivity index (χ4n) is 4.12. The van der Waals surface area contributed by atoms with Gasteiger partial charge in [0, 0.05) is 11.1 Å². The summed E-state index contributed by atoms with van der Waals surface area (Å²) in [5.74, 6) is 0.308. The molecule has 114 valence electrons. The van der Waals surface area contributed by atoms with Crippen molar-refractivity contribution in [1.29, 1.82) is 0 Å². The molecule has 3 rings (SSSR count). The highest BCUT2D eigenvalue weighted by atomic mass is 19.1. The number of fused-ring (bicyclic) bond motifs is 2. The molecule has 1 aromatic carbocycles. The Hall–Kier alpha value is -1.58. The summed E-state index contributed by atoms with van der Waals surface area (Å²) in [6.07, 6.45) is 2.80. The third-order valence-electron chi connectivity index (χ3n) is 6.05. The minimum Gasteiger partial charge on any atom is -0.445 e. The molecule has 0 radical (unpaired) electrons. The van der Waals surface area contributed by atoms with E-state index in [4.69, 9.17) is 4.74 Å². The van der Waals surface area contributed by atoms with Crippen LogP contribution in [0.4, 0.5) is 14.9 Å². The van der Waals surface area contributed by atoms with Gasteiger partial charge in [-0.1, -0.05) is 20.8 Å². The van der Waals surface area contributed by atoms with Gasteiger partial charge in [-0.2, -0.15) is 0 Å². The van der Waals surface area contributed by atoms with Crippen LogP contribution in [0.15, 0.2) is 24.3 Å². The summed E-state index contributed by atoms with van der Waals surface area (Å²) in [7, 11) is 0. The Balaban J connectivity index is 1.65. The Morgan fingerprint density at radius 3 is 2.48 bits per heavy atom. The number of benzene rings is 1. The molecule has 21 heavy (non-hydrogen) atoms. The molecule has 2 aliphatic rings. The topological polar surface area (TPSA) is 38.3 Å². The van der Waals surface area contributed by atoms with E-state index in [1.54, 1.807) is 0 Å². The van der Waals surface area contributed by atoms with Gasteiger partial charge >= 0.3 is 6.09 Å². The number of hydrogen-bond donors (Lipinski definition) is 1. The first-order valence-corrected chi connectivity index (χ1v) is 7.56. The first kappa shape index (κ1) is 14.4. The van der Waals surface area contributed by atoms with Crippen LogP contribution in [0.1, 0.15) is 40.0 Å². The predicted molar refractivity (Wildman–Crippen MR) is 79.5 cm³/mol. The first-order chi connectivity index (χ1) is 9.83. The van der Waals surface area contributed by atoms with Crippen LogP contribution in [0.25, 0.3) is 0 Å². The Bertz CT molecular complexity index is 554. The molecular weight excluding hydrogens is 269 g/mol. The molecule has 4 heteroatoms. The lowest BCUT2D eigenvalue weighted by Crippen LogP contribution is -2.39. The molecule has 2 aliphatic carbocycles. The van der Waals surface area contributed by atoms with E-state index in [2.05, 4.69) is 26.1 Å². The fourth-order valence-corrected chi connectivity index (χ4v) is 4.12. The molecular formula is C17H22FNO2. The van der Waals surface area contributed by atoms with Crippen molar-refractivity contribution in [2.24, 2.45) is 16.7 Å². The summed E-state index contributed by atoms with van der Waals surface area (Å²) in [4.78, 5) is 12.1. The van der Waals surface area contributed by atoms with Gasteiger partial charge in [0.1, 0.15) is 11.9 Å². The van der Waals surface area contributed by atoms with Gasteiger partial charge in [-0.3, -0.25) is 5.32 Å².